The highest BCUT2D eigenvalue weighted by Crippen LogP contribution is 2.30. The second-order valence-electron chi connectivity index (χ2n) is 4.57. The number of hydrogen-bond acceptors (Lipinski definition) is 1. The van der Waals surface area contributed by atoms with E-state index in [9.17, 15) is 0 Å². The van der Waals surface area contributed by atoms with Gasteiger partial charge < -0.3 is 5.32 Å². The van der Waals surface area contributed by atoms with Crippen LogP contribution in [0, 0.1) is 6.92 Å². The van der Waals surface area contributed by atoms with Crippen LogP contribution in [-0.4, -0.2) is 6.54 Å². The molecule has 0 saturated carbocycles. The van der Waals surface area contributed by atoms with E-state index < -0.39 is 0 Å². The van der Waals surface area contributed by atoms with E-state index in [2.05, 4.69) is 65.4 Å². The van der Waals surface area contributed by atoms with Gasteiger partial charge in [-0.25, -0.2) is 0 Å². The van der Waals surface area contributed by atoms with Gasteiger partial charge >= 0.3 is 0 Å². The van der Waals surface area contributed by atoms with Crippen molar-refractivity contribution in [2.45, 2.75) is 19.9 Å². The molecular formula is C16H17BrClN. The molecule has 0 aliphatic rings. The smallest absolute Gasteiger partial charge is 0.0587 e. The number of rotatable bonds is 4. The van der Waals surface area contributed by atoms with Crippen molar-refractivity contribution in [2.24, 2.45) is 0 Å². The number of hydrogen-bond donors (Lipinski definition) is 1. The molecular weight excluding hydrogens is 322 g/mol. The summed E-state index contributed by atoms with van der Waals surface area (Å²) in [5.41, 5.74) is 3.73. The molecule has 1 atom stereocenters. The van der Waals surface area contributed by atoms with E-state index in [1.807, 2.05) is 12.1 Å². The Morgan fingerprint density at radius 2 is 1.84 bits per heavy atom. The quantitative estimate of drug-likeness (QED) is 0.817. The summed E-state index contributed by atoms with van der Waals surface area (Å²) in [5.74, 6) is 0. The maximum Gasteiger partial charge on any atom is 0.0587 e. The van der Waals surface area contributed by atoms with Crippen molar-refractivity contribution in [1.29, 1.82) is 0 Å². The summed E-state index contributed by atoms with van der Waals surface area (Å²) in [6.07, 6.45) is 0. The number of halogens is 2. The van der Waals surface area contributed by atoms with Gasteiger partial charge in [-0.15, -0.1) is 0 Å². The number of benzene rings is 2. The van der Waals surface area contributed by atoms with Gasteiger partial charge in [0.05, 0.1) is 6.04 Å². The Bertz CT molecular complexity index is 551. The third kappa shape index (κ3) is 3.59. The Hall–Kier alpha value is -0.830. The summed E-state index contributed by atoms with van der Waals surface area (Å²) < 4.78 is 1.12. The fraction of sp³-hybridized carbons (Fsp3) is 0.250. The molecule has 1 nitrogen and oxygen atoms in total. The van der Waals surface area contributed by atoms with Gasteiger partial charge in [0.2, 0.25) is 0 Å². The standard InChI is InChI=1S/C16H17BrClN/c1-3-19-16(12-5-7-13(18)8-6-12)14-10-11(2)4-9-15(14)17/h4-10,16,19H,3H2,1-2H3. The van der Waals surface area contributed by atoms with Crippen molar-refractivity contribution in [1.82, 2.24) is 5.32 Å². The van der Waals surface area contributed by atoms with Crippen LogP contribution >= 0.6 is 27.5 Å². The Morgan fingerprint density at radius 1 is 1.16 bits per heavy atom. The minimum atomic E-state index is 0.177. The van der Waals surface area contributed by atoms with Crippen LogP contribution in [0.1, 0.15) is 29.7 Å². The van der Waals surface area contributed by atoms with Crippen molar-refractivity contribution in [3.8, 4) is 0 Å². The molecule has 1 unspecified atom stereocenters. The predicted molar refractivity (Wildman–Crippen MR) is 85.9 cm³/mol. The molecule has 3 heteroatoms. The molecule has 2 aromatic carbocycles. The van der Waals surface area contributed by atoms with E-state index in [0.717, 1.165) is 16.0 Å². The molecule has 0 aromatic heterocycles. The zero-order valence-corrected chi connectivity index (χ0v) is 13.4. The average Bonchev–Trinajstić information content (AvgIpc) is 2.40. The van der Waals surface area contributed by atoms with Crippen molar-refractivity contribution in [3.05, 3.63) is 68.7 Å². The lowest BCUT2D eigenvalue weighted by molar-refractivity contribution is 0.628. The minimum Gasteiger partial charge on any atom is -0.306 e. The Kier molecular flexibility index (Phi) is 5.03. The van der Waals surface area contributed by atoms with Crippen LogP contribution < -0.4 is 5.32 Å². The van der Waals surface area contributed by atoms with Gasteiger partial charge in [0.1, 0.15) is 0 Å². The predicted octanol–water partition coefficient (Wildman–Crippen LogP) is 5.11. The van der Waals surface area contributed by atoms with Crippen LogP contribution in [-0.2, 0) is 0 Å². The van der Waals surface area contributed by atoms with E-state index in [4.69, 9.17) is 11.6 Å². The van der Waals surface area contributed by atoms with E-state index in [1.165, 1.54) is 16.7 Å². The second-order valence-corrected chi connectivity index (χ2v) is 5.86. The highest BCUT2D eigenvalue weighted by molar-refractivity contribution is 9.10. The van der Waals surface area contributed by atoms with Gasteiger partial charge in [-0.3, -0.25) is 0 Å². The van der Waals surface area contributed by atoms with Crippen LogP contribution in [0.4, 0.5) is 0 Å². The molecule has 0 aliphatic carbocycles. The molecule has 2 rings (SSSR count). The van der Waals surface area contributed by atoms with E-state index in [1.54, 1.807) is 0 Å². The van der Waals surface area contributed by atoms with Crippen molar-refractivity contribution < 1.29 is 0 Å². The van der Waals surface area contributed by atoms with E-state index in [0.29, 0.717) is 0 Å². The first-order valence-electron chi connectivity index (χ1n) is 6.36. The number of nitrogens with one attached hydrogen (secondary N) is 1. The lowest BCUT2D eigenvalue weighted by atomic mass is 9.97. The lowest BCUT2D eigenvalue weighted by Crippen LogP contribution is -2.22. The van der Waals surface area contributed by atoms with Crippen LogP contribution in [0.15, 0.2) is 46.9 Å². The van der Waals surface area contributed by atoms with Crippen LogP contribution in [0.25, 0.3) is 0 Å². The largest absolute Gasteiger partial charge is 0.306 e. The molecule has 0 spiro atoms. The molecule has 0 aliphatic heterocycles. The summed E-state index contributed by atoms with van der Waals surface area (Å²) in [6.45, 7) is 5.14. The van der Waals surface area contributed by atoms with Crippen LogP contribution in [0.2, 0.25) is 5.02 Å². The Labute approximate surface area is 128 Å². The first kappa shape index (κ1) is 14.6. The van der Waals surface area contributed by atoms with Crippen LogP contribution in [0.5, 0.6) is 0 Å². The van der Waals surface area contributed by atoms with Crippen molar-refractivity contribution >= 4 is 27.5 Å². The first-order valence-corrected chi connectivity index (χ1v) is 7.54. The zero-order valence-electron chi connectivity index (χ0n) is 11.1. The maximum atomic E-state index is 5.97. The topological polar surface area (TPSA) is 12.0 Å². The third-order valence-corrected chi connectivity index (χ3v) is 4.05. The van der Waals surface area contributed by atoms with E-state index in [-0.39, 0.29) is 6.04 Å². The van der Waals surface area contributed by atoms with Gasteiger partial charge in [0.25, 0.3) is 0 Å². The second kappa shape index (κ2) is 6.56. The SMILES string of the molecule is CCNC(c1ccc(Cl)cc1)c1cc(C)ccc1Br. The molecule has 0 saturated heterocycles. The van der Waals surface area contributed by atoms with Crippen LogP contribution in [0.3, 0.4) is 0 Å². The van der Waals surface area contributed by atoms with Gasteiger partial charge in [-0.2, -0.15) is 0 Å². The van der Waals surface area contributed by atoms with Gasteiger partial charge in [0.15, 0.2) is 0 Å². The molecule has 1 N–H and O–H groups in total. The molecule has 0 bridgehead atoms. The highest BCUT2D eigenvalue weighted by atomic mass is 79.9. The van der Waals surface area contributed by atoms with E-state index >= 15 is 0 Å². The Morgan fingerprint density at radius 3 is 2.47 bits per heavy atom. The minimum absolute atomic E-state index is 0.177. The first-order chi connectivity index (χ1) is 9.11. The highest BCUT2D eigenvalue weighted by Gasteiger charge is 2.15. The molecule has 0 amide bonds. The lowest BCUT2D eigenvalue weighted by Gasteiger charge is -2.21. The summed E-state index contributed by atoms with van der Waals surface area (Å²) in [5, 5.41) is 4.30. The average molecular weight is 339 g/mol. The normalized spacial score (nSPS) is 12.4. The molecule has 19 heavy (non-hydrogen) atoms. The number of aryl methyl sites for hydroxylation is 1. The van der Waals surface area contributed by atoms with Gasteiger partial charge in [-0.1, -0.05) is 64.3 Å². The Balaban J connectivity index is 2.44. The summed E-state index contributed by atoms with van der Waals surface area (Å²) in [6, 6.07) is 14.6. The maximum absolute atomic E-state index is 5.97. The van der Waals surface area contributed by atoms with Gasteiger partial charge in [0, 0.05) is 9.50 Å². The fourth-order valence-electron chi connectivity index (χ4n) is 2.15. The van der Waals surface area contributed by atoms with Crippen molar-refractivity contribution in [3.63, 3.8) is 0 Å². The molecule has 0 radical (unpaired) electrons. The van der Waals surface area contributed by atoms with Crippen molar-refractivity contribution in [2.75, 3.05) is 6.54 Å². The zero-order chi connectivity index (χ0) is 13.8. The van der Waals surface area contributed by atoms with Gasteiger partial charge in [-0.05, 0) is 42.8 Å². The summed E-state index contributed by atoms with van der Waals surface area (Å²) in [7, 11) is 0. The molecule has 100 valence electrons. The third-order valence-electron chi connectivity index (χ3n) is 3.07. The summed E-state index contributed by atoms with van der Waals surface area (Å²) in [4.78, 5) is 0. The fourth-order valence-corrected chi connectivity index (χ4v) is 2.75. The monoisotopic (exact) mass is 337 g/mol. The molecule has 0 fully saturated rings. The molecule has 2 aromatic rings. The molecule has 0 heterocycles. The summed E-state index contributed by atoms with van der Waals surface area (Å²) >= 11 is 9.61.